The average molecular weight is 477 g/mol. The number of aromatic nitrogens is 4. The smallest absolute Gasteiger partial charge is 0.350 e. The van der Waals surface area contributed by atoms with Gasteiger partial charge in [0.2, 0.25) is 0 Å². The predicted octanol–water partition coefficient (Wildman–Crippen LogP) is 1.56. The highest BCUT2D eigenvalue weighted by molar-refractivity contribution is 5.92. The number of terminal acetylenes is 1. The van der Waals surface area contributed by atoms with Gasteiger partial charge < -0.3 is 10.2 Å². The van der Waals surface area contributed by atoms with E-state index in [-0.39, 0.29) is 5.69 Å². The van der Waals surface area contributed by atoms with Crippen LogP contribution in [0.1, 0.15) is 48.7 Å². The van der Waals surface area contributed by atoms with Crippen molar-refractivity contribution in [3.63, 3.8) is 0 Å². The molecule has 2 aliphatic rings. The van der Waals surface area contributed by atoms with E-state index in [0.717, 1.165) is 25.5 Å². The summed E-state index contributed by atoms with van der Waals surface area (Å²) in [6.45, 7) is 4.92. The predicted molar refractivity (Wildman–Crippen MR) is 119 cm³/mol. The Morgan fingerprint density at radius 3 is 2.74 bits per heavy atom. The lowest BCUT2D eigenvalue weighted by molar-refractivity contribution is -0.149. The summed E-state index contributed by atoms with van der Waals surface area (Å²) >= 11 is 0. The largest absolute Gasteiger partial charge is 0.408 e. The summed E-state index contributed by atoms with van der Waals surface area (Å²) in [5, 5.41) is 6.49. The Hall–Kier alpha value is -3.17. The number of nitrogens with one attached hydrogen (secondary N) is 3. The van der Waals surface area contributed by atoms with Crippen molar-refractivity contribution in [2.45, 2.75) is 56.4 Å². The van der Waals surface area contributed by atoms with E-state index in [0.29, 0.717) is 37.3 Å². The van der Waals surface area contributed by atoms with E-state index < -0.39 is 23.7 Å². The maximum Gasteiger partial charge on any atom is 0.408 e. The summed E-state index contributed by atoms with van der Waals surface area (Å²) in [7, 11) is 0. The topological polar surface area (TPSA) is 100 Å². The molecule has 3 N–H and O–H groups in total. The zero-order chi connectivity index (χ0) is 24.5. The number of rotatable bonds is 7. The lowest BCUT2D eigenvalue weighted by atomic mass is 9.86. The summed E-state index contributed by atoms with van der Waals surface area (Å²) in [4.78, 5) is 22.2. The van der Waals surface area contributed by atoms with E-state index in [2.05, 4.69) is 45.0 Å². The van der Waals surface area contributed by atoms with Crippen LogP contribution >= 0.6 is 0 Å². The van der Waals surface area contributed by atoms with E-state index in [4.69, 9.17) is 6.42 Å². The molecule has 2 fully saturated rings. The van der Waals surface area contributed by atoms with Crippen LogP contribution in [0.15, 0.2) is 24.8 Å². The number of anilines is 1. The molecule has 4 rings (SSSR count). The number of hydrazine groups is 1. The Morgan fingerprint density at radius 2 is 2.12 bits per heavy atom. The third-order valence-electron chi connectivity index (χ3n) is 6.49. The molecule has 9 nitrogen and oxygen atoms in total. The third kappa shape index (κ3) is 4.58. The van der Waals surface area contributed by atoms with Gasteiger partial charge in [0.15, 0.2) is 0 Å². The van der Waals surface area contributed by atoms with E-state index in [1.54, 1.807) is 0 Å². The Balaban J connectivity index is 1.43. The van der Waals surface area contributed by atoms with Crippen molar-refractivity contribution in [2.75, 3.05) is 24.5 Å². The second-order valence-corrected chi connectivity index (χ2v) is 8.82. The molecule has 182 valence electrons. The van der Waals surface area contributed by atoms with E-state index >= 15 is 0 Å². The quantitative estimate of drug-likeness (QED) is 0.522. The van der Waals surface area contributed by atoms with Gasteiger partial charge in [0, 0.05) is 44.2 Å². The molecule has 3 atom stereocenters. The molecule has 2 saturated heterocycles. The molecule has 0 bridgehead atoms. The highest BCUT2D eigenvalue weighted by Crippen LogP contribution is 2.36. The first-order valence-electron chi connectivity index (χ1n) is 11.1. The van der Waals surface area contributed by atoms with Crippen molar-refractivity contribution in [3.05, 3.63) is 36.0 Å². The molecule has 4 heterocycles. The summed E-state index contributed by atoms with van der Waals surface area (Å²) in [6, 6.07) is -1.65. The number of alkyl halides is 3. The van der Waals surface area contributed by atoms with Crippen molar-refractivity contribution >= 4 is 11.7 Å². The Bertz CT molecular complexity index is 1060. The second-order valence-electron chi connectivity index (χ2n) is 8.82. The molecule has 12 heteroatoms. The minimum absolute atomic E-state index is 0.184. The minimum Gasteiger partial charge on any atom is -0.350 e. The normalized spacial score (nSPS) is 22.6. The molecular formula is C22H27F3N8O. The SMILES string of the molecule is C#CCC1(n2cc(C3CNNC3CC)cn2)CN(c2cnc(C(=O)N[C@@H](C)C(F)(F)F)cn2)C1. The first kappa shape index (κ1) is 24.0. The van der Waals surface area contributed by atoms with Crippen LogP contribution < -0.4 is 21.1 Å². The van der Waals surface area contributed by atoms with Gasteiger partial charge in [-0.1, -0.05) is 6.92 Å². The fourth-order valence-corrected chi connectivity index (χ4v) is 4.38. The van der Waals surface area contributed by atoms with Crippen LogP contribution in [0.4, 0.5) is 19.0 Å². The van der Waals surface area contributed by atoms with Gasteiger partial charge in [0.1, 0.15) is 23.1 Å². The van der Waals surface area contributed by atoms with Crippen molar-refractivity contribution in [1.82, 2.24) is 35.9 Å². The summed E-state index contributed by atoms with van der Waals surface area (Å²) in [5.41, 5.74) is 7.05. The van der Waals surface area contributed by atoms with Crippen molar-refractivity contribution in [1.29, 1.82) is 0 Å². The van der Waals surface area contributed by atoms with Crippen LogP contribution in [0.3, 0.4) is 0 Å². The second kappa shape index (κ2) is 9.23. The van der Waals surface area contributed by atoms with Gasteiger partial charge >= 0.3 is 6.18 Å². The van der Waals surface area contributed by atoms with E-state index in [9.17, 15) is 18.0 Å². The molecule has 1 amide bonds. The third-order valence-corrected chi connectivity index (χ3v) is 6.49. The fraction of sp³-hybridized carbons (Fsp3) is 0.545. The number of carbonyl (C=O) groups excluding carboxylic acids is 1. The molecule has 34 heavy (non-hydrogen) atoms. The van der Waals surface area contributed by atoms with Crippen molar-refractivity contribution in [2.24, 2.45) is 0 Å². The number of amides is 1. The molecule has 0 saturated carbocycles. The van der Waals surface area contributed by atoms with Gasteiger partial charge in [-0.05, 0) is 18.9 Å². The zero-order valence-electron chi connectivity index (χ0n) is 18.9. The molecule has 2 unspecified atom stereocenters. The first-order chi connectivity index (χ1) is 16.2. The van der Waals surface area contributed by atoms with Gasteiger partial charge in [0.05, 0.1) is 18.6 Å². The number of hydrogen-bond acceptors (Lipinski definition) is 7. The first-order valence-corrected chi connectivity index (χ1v) is 11.1. The highest BCUT2D eigenvalue weighted by atomic mass is 19.4. The summed E-state index contributed by atoms with van der Waals surface area (Å²) < 4.78 is 39.9. The van der Waals surface area contributed by atoms with Gasteiger partial charge in [-0.2, -0.15) is 18.3 Å². The Labute approximate surface area is 195 Å². The monoisotopic (exact) mass is 476 g/mol. The molecule has 0 radical (unpaired) electrons. The minimum atomic E-state index is -4.53. The van der Waals surface area contributed by atoms with Crippen LogP contribution in [-0.4, -0.2) is 63.5 Å². The van der Waals surface area contributed by atoms with Gasteiger partial charge in [-0.15, -0.1) is 12.3 Å². The molecular weight excluding hydrogens is 449 g/mol. The molecule has 2 aliphatic heterocycles. The Morgan fingerprint density at radius 1 is 1.35 bits per heavy atom. The van der Waals surface area contributed by atoms with Crippen LogP contribution in [-0.2, 0) is 5.54 Å². The zero-order valence-corrected chi connectivity index (χ0v) is 18.9. The van der Waals surface area contributed by atoms with Gasteiger partial charge in [0.25, 0.3) is 5.91 Å². The van der Waals surface area contributed by atoms with Crippen molar-refractivity contribution in [3.8, 4) is 12.3 Å². The molecule has 0 aromatic carbocycles. The molecule has 2 aromatic heterocycles. The Kier molecular flexibility index (Phi) is 6.51. The van der Waals surface area contributed by atoms with E-state index in [1.165, 1.54) is 12.4 Å². The molecule has 0 spiro atoms. The van der Waals surface area contributed by atoms with Crippen LogP contribution in [0.2, 0.25) is 0 Å². The van der Waals surface area contributed by atoms with Crippen LogP contribution in [0.25, 0.3) is 0 Å². The lowest BCUT2D eigenvalue weighted by Crippen LogP contribution is -2.63. The lowest BCUT2D eigenvalue weighted by Gasteiger charge is -2.49. The van der Waals surface area contributed by atoms with Crippen LogP contribution in [0.5, 0.6) is 0 Å². The highest BCUT2D eigenvalue weighted by Gasteiger charge is 2.46. The average Bonchev–Trinajstić information content (AvgIpc) is 3.44. The van der Waals surface area contributed by atoms with Crippen molar-refractivity contribution < 1.29 is 18.0 Å². The molecule has 0 aliphatic carbocycles. The number of halogens is 3. The number of carbonyl (C=O) groups is 1. The van der Waals surface area contributed by atoms with Crippen LogP contribution in [0, 0.1) is 12.3 Å². The van der Waals surface area contributed by atoms with Gasteiger partial charge in [-0.3, -0.25) is 20.3 Å². The summed E-state index contributed by atoms with van der Waals surface area (Å²) in [5.74, 6) is 2.64. The molecule has 2 aromatic rings. The maximum atomic E-state index is 12.7. The van der Waals surface area contributed by atoms with Gasteiger partial charge in [-0.25, -0.2) is 9.97 Å². The van der Waals surface area contributed by atoms with E-state index in [1.807, 2.05) is 21.1 Å². The standard InChI is InChI=1S/C22H27F3N8O/c1-4-6-21(33-11-15(7-29-33)16-8-28-31-17(16)5-2)12-32(13-21)19-10-26-18(9-27-19)20(34)30-14(3)22(23,24)25/h1,7,9-11,14,16-17,28,31H,5-6,8,12-13H2,2-3H3,(H,30,34)/t14-,16?,17?/m0/s1. The summed E-state index contributed by atoms with van der Waals surface area (Å²) in [6.07, 6.45) is 9.09. The number of nitrogens with zero attached hydrogens (tertiary/aromatic N) is 5. The number of hydrogen-bond donors (Lipinski definition) is 3. The maximum absolute atomic E-state index is 12.7. The fourth-order valence-electron chi connectivity index (χ4n) is 4.38.